The van der Waals surface area contributed by atoms with Crippen LogP contribution in [0.4, 0.5) is 0 Å². The van der Waals surface area contributed by atoms with Crippen molar-refractivity contribution < 1.29 is 19.5 Å². The van der Waals surface area contributed by atoms with E-state index in [0.29, 0.717) is 26.2 Å². The smallest absolute Gasteiger partial charge is 0.319 e. The van der Waals surface area contributed by atoms with E-state index in [0.717, 1.165) is 11.8 Å². The Labute approximate surface area is 117 Å². The molecule has 0 aromatic rings. The number of carbonyl (C=O) groups is 3. The number of carboxylic acid groups (broad SMARTS) is 1. The summed E-state index contributed by atoms with van der Waals surface area (Å²) in [4.78, 5) is 37.4. The molecule has 0 bridgehead atoms. The highest BCUT2D eigenvalue weighted by molar-refractivity contribution is 8.01. The molecule has 1 aliphatic heterocycles. The van der Waals surface area contributed by atoms with Gasteiger partial charge < -0.3 is 14.9 Å². The minimum Gasteiger partial charge on any atom is -0.480 e. The zero-order valence-corrected chi connectivity index (χ0v) is 12.3. The van der Waals surface area contributed by atoms with Crippen molar-refractivity contribution >= 4 is 29.5 Å². The van der Waals surface area contributed by atoms with Gasteiger partial charge in [0.25, 0.3) is 0 Å². The third kappa shape index (κ3) is 4.41. The lowest BCUT2D eigenvalue weighted by atomic mass is 10.2. The number of nitrogens with zero attached hydrogens (tertiary/aromatic N) is 2. The molecule has 0 aromatic heterocycles. The van der Waals surface area contributed by atoms with Crippen molar-refractivity contribution in [1.29, 1.82) is 0 Å². The summed E-state index contributed by atoms with van der Waals surface area (Å²) in [5, 5.41) is 8.97. The largest absolute Gasteiger partial charge is 0.480 e. The molecule has 0 saturated carbocycles. The lowest BCUT2D eigenvalue weighted by Crippen LogP contribution is -2.50. The molecule has 1 saturated heterocycles. The van der Waals surface area contributed by atoms with Crippen molar-refractivity contribution in [3.63, 3.8) is 0 Å². The van der Waals surface area contributed by atoms with E-state index in [1.807, 2.05) is 0 Å². The van der Waals surface area contributed by atoms with Crippen molar-refractivity contribution in [3.8, 4) is 0 Å². The third-order valence-corrected chi connectivity index (χ3v) is 4.44. The Hall–Kier alpha value is -1.24. The summed E-state index contributed by atoms with van der Waals surface area (Å²) in [7, 11) is 0. The molecule has 1 N–H and O–H groups in total. The first-order valence-corrected chi connectivity index (χ1v) is 7.13. The van der Waals surface area contributed by atoms with E-state index in [1.54, 1.807) is 23.6 Å². The van der Waals surface area contributed by atoms with Crippen LogP contribution in [0.15, 0.2) is 0 Å². The highest BCUT2D eigenvalue weighted by Gasteiger charge is 2.30. The van der Waals surface area contributed by atoms with Crippen LogP contribution in [0.3, 0.4) is 0 Å². The number of amides is 2. The van der Waals surface area contributed by atoms with Gasteiger partial charge >= 0.3 is 5.97 Å². The molecule has 108 valence electrons. The molecule has 7 heteroatoms. The van der Waals surface area contributed by atoms with Gasteiger partial charge in [0.1, 0.15) is 4.75 Å². The number of carboxylic acids is 1. The van der Waals surface area contributed by atoms with Crippen molar-refractivity contribution in [2.75, 3.05) is 31.9 Å². The Morgan fingerprint density at radius 3 is 2.00 bits per heavy atom. The average Bonchev–Trinajstić information content (AvgIpc) is 2.36. The third-order valence-electron chi connectivity index (χ3n) is 3.15. The van der Waals surface area contributed by atoms with Gasteiger partial charge in [-0.25, -0.2) is 0 Å². The monoisotopic (exact) mass is 288 g/mol. The van der Waals surface area contributed by atoms with Crippen LogP contribution >= 0.6 is 11.8 Å². The first kappa shape index (κ1) is 15.8. The molecule has 0 radical (unpaired) electrons. The average molecular weight is 288 g/mol. The normalized spacial score (nSPS) is 16.4. The zero-order chi connectivity index (χ0) is 14.6. The topological polar surface area (TPSA) is 77.9 Å². The Bertz CT molecular complexity index is 376. The molecule has 2 amide bonds. The van der Waals surface area contributed by atoms with Gasteiger partial charge in [0.2, 0.25) is 11.8 Å². The summed E-state index contributed by atoms with van der Waals surface area (Å²) in [6, 6.07) is 0. The predicted molar refractivity (Wildman–Crippen MR) is 73.0 cm³/mol. The minimum absolute atomic E-state index is 0.0217. The van der Waals surface area contributed by atoms with Gasteiger partial charge in [-0.3, -0.25) is 14.4 Å². The molecule has 1 rings (SSSR count). The highest BCUT2D eigenvalue weighted by Crippen LogP contribution is 2.24. The fraction of sp³-hybridized carbons (Fsp3) is 0.750. The van der Waals surface area contributed by atoms with Gasteiger partial charge in [-0.2, -0.15) is 0 Å². The van der Waals surface area contributed by atoms with Crippen molar-refractivity contribution in [2.24, 2.45) is 0 Å². The second-order valence-corrected chi connectivity index (χ2v) is 6.59. The molecule has 6 nitrogen and oxygen atoms in total. The van der Waals surface area contributed by atoms with Gasteiger partial charge in [-0.05, 0) is 13.8 Å². The van der Waals surface area contributed by atoms with E-state index in [2.05, 4.69) is 0 Å². The molecule has 1 aliphatic rings. The van der Waals surface area contributed by atoms with Crippen LogP contribution < -0.4 is 0 Å². The lowest BCUT2D eigenvalue weighted by Gasteiger charge is -2.34. The summed E-state index contributed by atoms with van der Waals surface area (Å²) in [6.07, 6.45) is 0. The zero-order valence-electron chi connectivity index (χ0n) is 11.5. The first-order valence-electron chi connectivity index (χ1n) is 6.14. The number of carbonyl (C=O) groups excluding carboxylic acids is 2. The van der Waals surface area contributed by atoms with Crippen LogP contribution in [-0.4, -0.2) is 69.4 Å². The second kappa shape index (κ2) is 6.27. The molecule has 0 aliphatic carbocycles. The molecular formula is C12H20N2O4S. The summed E-state index contributed by atoms with van der Waals surface area (Å²) in [6.45, 7) is 6.83. The Morgan fingerprint density at radius 2 is 1.58 bits per heavy atom. The van der Waals surface area contributed by atoms with Gasteiger partial charge in [-0.15, -0.1) is 11.8 Å². The summed E-state index contributed by atoms with van der Waals surface area (Å²) in [5.41, 5.74) is 0. The van der Waals surface area contributed by atoms with Crippen LogP contribution in [0.5, 0.6) is 0 Å². The maximum absolute atomic E-state index is 12.0. The molecule has 0 aromatic carbocycles. The maximum atomic E-state index is 12.0. The first-order chi connectivity index (χ1) is 8.74. The van der Waals surface area contributed by atoms with E-state index < -0.39 is 10.7 Å². The molecule has 0 spiro atoms. The van der Waals surface area contributed by atoms with Crippen molar-refractivity contribution in [1.82, 2.24) is 9.80 Å². The molecule has 1 heterocycles. The molecule has 19 heavy (non-hydrogen) atoms. The summed E-state index contributed by atoms with van der Waals surface area (Å²) < 4.78 is -0.961. The lowest BCUT2D eigenvalue weighted by molar-refractivity contribution is -0.139. The SMILES string of the molecule is CC(=O)N1CCN(C(=O)CSC(C)(C)C(=O)O)CC1. The number of hydrogen-bond donors (Lipinski definition) is 1. The van der Waals surface area contributed by atoms with E-state index in [4.69, 9.17) is 5.11 Å². The molecule has 1 fully saturated rings. The Kier molecular flexibility index (Phi) is 5.22. The van der Waals surface area contributed by atoms with Gasteiger partial charge in [-0.1, -0.05) is 0 Å². The maximum Gasteiger partial charge on any atom is 0.319 e. The van der Waals surface area contributed by atoms with Gasteiger partial charge in [0.15, 0.2) is 0 Å². The van der Waals surface area contributed by atoms with Crippen LogP contribution in [-0.2, 0) is 14.4 Å². The second-order valence-electron chi connectivity index (χ2n) is 4.99. The number of aliphatic carboxylic acids is 1. The standard InChI is InChI=1S/C12H20N2O4S/c1-9(15)13-4-6-14(7-5-13)10(16)8-19-12(2,3)11(17)18/h4-8H2,1-3H3,(H,17,18). The van der Waals surface area contributed by atoms with Crippen molar-refractivity contribution in [3.05, 3.63) is 0 Å². The van der Waals surface area contributed by atoms with E-state index in [1.165, 1.54) is 6.92 Å². The molecule has 0 atom stereocenters. The Morgan fingerprint density at radius 1 is 1.11 bits per heavy atom. The highest BCUT2D eigenvalue weighted by atomic mass is 32.2. The fourth-order valence-corrected chi connectivity index (χ4v) is 2.46. The predicted octanol–water partition coefficient (Wildman–Crippen LogP) is 0.274. The van der Waals surface area contributed by atoms with Gasteiger partial charge in [0, 0.05) is 33.1 Å². The Balaban J connectivity index is 2.40. The quantitative estimate of drug-likeness (QED) is 0.803. The van der Waals surface area contributed by atoms with E-state index >= 15 is 0 Å². The number of rotatable bonds is 4. The fourth-order valence-electron chi connectivity index (χ4n) is 1.67. The van der Waals surface area contributed by atoms with E-state index in [9.17, 15) is 14.4 Å². The molecular weight excluding hydrogens is 268 g/mol. The number of hydrogen-bond acceptors (Lipinski definition) is 4. The van der Waals surface area contributed by atoms with Crippen LogP contribution in [0, 0.1) is 0 Å². The minimum atomic E-state index is -0.961. The molecule has 0 unspecified atom stereocenters. The van der Waals surface area contributed by atoms with E-state index in [-0.39, 0.29) is 17.6 Å². The van der Waals surface area contributed by atoms with Gasteiger partial charge in [0.05, 0.1) is 5.75 Å². The van der Waals surface area contributed by atoms with Crippen LogP contribution in [0.2, 0.25) is 0 Å². The number of thioether (sulfide) groups is 1. The summed E-state index contributed by atoms with van der Waals surface area (Å²) in [5.74, 6) is -0.818. The number of piperazine rings is 1. The van der Waals surface area contributed by atoms with Crippen molar-refractivity contribution in [2.45, 2.75) is 25.5 Å². The van der Waals surface area contributed by atoms with Crippen LogP contribution in [0.25, 0.3) is 0 Å². The van der Waals surface area contributed by atoms with Crippen LogP contribution in [0.1, 0.15) is 20.8 Å². The summed E-state index contributed by atoms with van der Waals surface area (Å²) >= 11 is 1.12.